The summed E-state index contributed by atoms with van der Waals surface area (Å²) in [6.45, 7) is 5.73. The third kappa shape index (κ3) is 5.57. The lowest BCUT2D eigenvalue weighted by molar-refractivity contribution is 0.0375. The molecule has 0 bridgehead atoms. The van der Waals surface area contributed by atoms with E-state index in [-0.39, 0.29) is 6.04 Å². The number of morpholine rings is 1. The first kappa shape index (κ1) is 23.8. The maximum Gasteiger partial charge on any atom is 0.169 e. The van der Waals surface area contributed by atoms with Crippen molar-refractivity contribution in [3.05, 3.63) is 69.2 Å². The molecule has 1 saturated heterocycles. The molecule has 2 aliphatic rings. The average molecular weight is 493 g/mol. The lowest BCUT2D eigenvalue weighted by Crippen LogP contribution is -2.42. The van der Waals surface area contributed by atoms with Crippen molar-refractivity contribution in [3.8, 4) is 0 Å². The van der Waals surface area contributed by atoms with Gasteiger partial charge in [-0.1, -0.05) is 53.5 Å². The number of hydrogen-bond donors (Lipinski definition) is 1. The van der Waals surface area contributed by atoms with E-state index in [1.165, 1.54) is 16.7 Å². The van der Waals surface area contributed by atoms with Gasteiger partial charge in [0.15, 0.2) is 5.11 Å². The van der Waals surface area contributed by atoms with Gasteiger partial charge in [-0.2, -0.15) is 0 Å². The first-order chi connectivity index (χ1) is 15.5. The fourth-order valence-corrected chi connectivity index (χ4v) is 5.37. The Labute approximate surface area is 206 Å². The number of rotatable bonds is 6. The van der Waals surface area contributed by atoms with Crippen LogP contribution >= 0.6 is 35.4 Å². The third-order valence-corrected chi connectivity index (χ3v) is 7.80. The molecule has 1 N–H and O–H groups in total. The van der Waals surface area contributed by atoms with Crippen LogP contribution in [-0.2, 0) is 4.74 Å². The van der Waals surface area contributed by atoms with Crippen LogP contribution in [0.1, 0.15) is 47.9 Å². The van der Waals surface area contributed by atoms with Gasteiger partial charge in [-0.25, -0.2) is 0 Å². The van der Waals surface area contributed by atoms with Gasteiger partial charge < -0.3 is 15.0 Å². The van der Waals surface area contributed by atoms with Gasteiger partial charge in [0.25, 0.3) is 0 Å². The van der Waals surface area contributed by atoms with Crippen LogP contribution in [0.25, 0.3) is 0 Å². The van der Waals surface area contributed by atoms with E-state index in [2.05, 4.69) is 52.5 Å². The van der Waals surface area contributed by atoms with E-state index in [0.29, 0.717) is 16.0 Å². The fourth-order valence-electron chi connectivity index (χ4n) is 4.83. The maximum absolute atomic E-state index is 6.32. The number of nitrogens with zero attached hydrogens (tertiary/aromatic N) is 2. The maximum atomic E-state index is 6.32. The first-order valence-electron chi connectivity index (χ1n) is 11.4. The summed E-state index contributed by atoms with van der Waals surface area (Å²) in [5.74, 6) is 0.320. The van der Waals surface area contributed by atoms with Crippen molar-refractivity contribution in [2.45, 2.75) is 31.2 Å². The molecule has 1 fully saturated rings. The van der Waals surface area contributed by atoms with Gasteiger partial charge in [-0.15, -0.1) is 0 Å². The van der Waals surface area contributed by atoms with Crippen molar-refractivity contribution in [2.24, 2.45) is 0 Å². The Morgan fingerprint density at radius 2 is 1.84 bits per heavy atom. The van der Waals surface area contributed by atoms with Crippen LogP contribution in [0.4, 0.5) is 0 Å². The quantitative estimate of drug-likeness (QED) is 0.425. The average Bonchev–Trinajstić information content (AvgIpc) is 2.83. The highest BCUT2D eigenvalue weighted by molar-refractivity contribution is 7.80. The predicted octanol–water partition coefficient (Wildman–Crippen LogP) is 5.49. The summed E-state index contributed by atoms with van der Waals surface area (Å²) < 4.78 is 5.42. The van der Waals surface area contributed by atoms with E-state index in [1.807, 2.05) is 12.1 Å². The summed E-state index contributed by atoms with van der Waals surface area (Å²) in [7, 11) is 2.11. The minimum atomic E-state index is 0.268. The van der Waals surface area contributed by atoms with E-state index in [1.54, 1.807) is 0 Å². The summed E-state index contributed by atoms with van der Waals surface area (Å²) >= 11 is 18.2. The molecule has 4 rings (SSSR count). The number of hydrogen-bond acceptors (Lipinski definition) is 3. The predicted molar refractivity (Wildman–Crippen MR) is 137 cm³/mol. The van der Waals surface area contributed by atoms with Gasteiger partial charge in [0.1, 0.15) is 0 Å². The molecule has 0 aromatic heterocycles. The highest BCUT2D eigenvalue weighted by Crippen LogP contribution is 2.44. The van der Waals surface area contributed by atoms with Gasteiger partial charge in [-0.05, 0) is 66.8 Å². The van der Waals surface area contributed by atoms with Crippen LogP contribution in [0.2, 0.25) is 10.0 Å². The highest BCUT2D eigenvalue weighted by Gasteiger charge is 2.31. The van der Waals surface area contributed by atoms with Gasteiger partial charge in [0, 0.05) is 32.6 Å². The lowest BCUT2D eigenvalue weighted by atomic mass is 9.76. The van der Waals surface area contributed by atoms with Gasteiger partial charge in [0.05, 0.1) is 29.3 Å². The number of benzene rings is 2. The summed E-state index contributed by atoms with van der Waals surface area (Å²) in [5, 5.41) is 5.51. The van der Waals surface area contributed by atoms with Crippen LogP contribution in [0.5, 0.6) is 0 Å². The number of nitrogens with one attached hydrogen (secondary N) is 1. The number of ether oxygens (including phenoxy) is 1. The zero-order valence-electron chi connectivity index (χ0n) is 18.5. The summed E-state index contributed by atoms with van der Waals surface area (Å²) in [4.78, 5) is 4.69. The van der Waals surface area contributed by atoms with Crippen LogP contribution in [0.3, 0.4) is 0 Å². The van der Waals surface area contributed by atoms with Crippen molar-refractivity contribution in [1.29, 1.82) is 0 Å². The number of thiocarbonyl (C=S) groups is 1. The fraction of sp³-hybridized carbons (Fsp3) is 0.480. The van der Waals surface area contributed by atoms with Gasteiger partial charge in [0.2, 0.25) is 0 Å². The molecule has 1 heterocycles. The minimum absolute atomic E-state index is 0.268. The van der Waals surface area contributed by atoms with Crippen molar-refractivity contribution >= 4 is 40.5 Å². The van der Waals surface area contributed by atoms with Crippen LogP contribution in [-0.4, -0.2) is 61.4 Å². The largest absolute Gasteiger partial charge is 0.379 e. The summed E-state index contributed by atoms with van der Waals surface area (Å²) in [6, 6.07) is 15.0. The van der Waals surface area contributed by atoms with Crippen molar-refractivity contribution < 1.29 is 4.74 Å². The second-order valence-corrected chi connectivity index (χ2v) is 9.80. The lowest BCUT2D eigenvalue weighted by Gasteiger charge is -2.38. The van der Waals surface area contributed by atoms with Crippen LogP contribution < -0.4 is 5.32 Å². The molecule has 2 aromatic carbocycles. The molecule has 0 spiro atoms. The standard InChI is InChI=1S/C25H31Cl2N3OS/c1-29(25(32)28-11-4-12-30-13-15-31-16-14-30)24-10-8-19(20-5-2-3-6-21(20)24)18-7-9-22(26)23(27)17-18/h2-3,5-7,9,17,19,24H,4,8,10-16H2,1H3,(H,28,32)/t19-,24+/m1/s1. The molecular formula is C25H31Cl2N3OS. The molecule has 4 nitrogen and oxygen atoms in total. The third-order valence-electron chi connectivity index (χ3n) is 6.62. The van der Waals surface area contributed by atoms with E-state index < -0.39 is 0 Å². The molecular weight excluding hydrogens is 461 g/mol. The Morgan fingerprint density at radius 1 is 1.09 bits per heavy atom. The second-order valence-electron chi connectivity index (χ2n) is 8.60. The smallest absolute Gasteiger partial charge is 0.169 e. The summed E-state index contributed by atoms with van der Waals surface area (Å²) in [6.07, 6.45) is 3.16. The topological polar surface area (TPSA) is 27.7 Å². The van der Waals surface area contributed by atoms with Gasteiger partial charge in [-0.3, -0.25) is 4.90 Å². The molecule has 0 unspecified atom stereocenters. The Morgan fingerprint density at radius 3 is 2.59 bits per heavy atom. The molecule has 1 aliphatic carbocycles. The Hall–Kier alpha value is -1.37. The molecule has 0 radical (unpaired) electrons. The van der Waals surface area contributed by atoms with Crippen molar-refractivity contribution in [2.75, 3.05) is 46.4 Å². The molecule has 0 amide bonds. The van der Waals surface area contributed by atoms with E-state index in [9.17, 15) is 0 Å². The molecule has 172 valence electrons. The van der Waals surface area contributed by atoms with Gasteiger partial charge >= 0.3 is 0 Å². The minimum Gasteiger partial charge on any atom is -0.379 e. The zero-order chi connectivity index (χ0) is 22.5. The molecule has 32 heavy (non-hydrogen) atoms. The normalized spacial score (nSPS) is 21.1. The molecule has 0 saturated carbocycles. The van der Waals surface area contributed by atoms with E-state index in [4.69, 9.17) is 40.2 Å². The Kier molecular flexibility index (Phi) is 8.30. The van der Waals surface area contributed by atoms with E-state index in [0.717, 1.165) is 63.8 Å². The molecule has 2 atom stereocenters. The Balaban J connectivity index is 1.39. The molecule has 7 heteroatoms. The SMILES string of the molecule is CN(C(=S)NCCCN1CCOCC1)[C@H]1CC[C@H](c2ccc(Cl)c(Cl)c2)c2ccccc21. The Bertz CT molecular complexity index is 935. The molecule has 2 aromatic rings. The highest BCUT2D eigenvalue weighted by atomic mass is 35.5. The molecule has 1 aliphatic heterocycles. The summed E-state index contributed by atoms with van der Waals surface area (Å²) in [5.41, 5.74) is 3.91. The first-order valence-corrected chi connectivity index (χ1v) is 12.6. The van der Waals surface area contributed by atoms with Crippen LogP contribution in [0, 0.1) is 0 Å². The monoisotopic (exact) mass is 491 g/mol. The van der Waals surface area contributed by atoms with E-state index >= 15 is 0 Å². The zero-order valence-corrected chi connectivity index (χ0v) is 20.9. The van der Waals surface area contributed by atoms with Crippen molar-refractivity contribution in [3.63, 3.8) is 0 Å². The van der Waals surface area contributed by atoms with Crippen molar-refractivity contribution in [1.82, 2.24) is 15.1 Å². The second kappa shape index (κ2) is 11.2. The number of fused-ring (bicyclic) bond motifs is 1. The number of halogens is 2. The van der Waals surface area contributed by atoms with Crippen LogP contribution in [0.15, 0.2) is 42.5 Å².